The van der Waals surface area contributed by atoms with Crippen LogP contribution < -0.4 is 15.5 Å². The van der Waals surface area contributed by atoms with Gasteiger partial charge in [0.05, 0.1) is 5.56 Å². The van der Waals surface area contributed by atoms with Gasteiger partial charge in [-0.2, -0.15) is 18.2 Å². The molecule has 8 heteroatoms. The molecule has 3 rings (SSSR count). The first kappa shape index (κ1) is 17.3. The lowest BCUT2D eigenvalue weighted by Crippen LogP contribution is -2.27. The van der Waals surface area contributed by atoms with Gasteiger partial charge in [0.15, 0.2) is 0 Å². The number of benzene rings is 1. The third-order valence-corrected chi connectivity index (χ3v) is 4.19. The van der Waals surface area contributed by atoms with Crippen LogP contribution in [0.15, 0.2) is 30.3 Å². The highest BCUT2D eigenvalue weighted by atomic mass is 19.4. The van der Waals surface area contributed by atoms with Crippen molar-refractivity contribution < 1.29 is 13.2 Å². The molecule has 2 heterocycles. The molecule has 0 amide bonds. The molecule has 134 valence electrons. The number of rotatable bonds is 4. The Labute approximate surface area is 144 Å². The van der Waals surface area contributed by atoms with Crippen LogP contribution in [0, 0.1) is 6.92 Å². The van der Waals surface area contributed by atoms with Crippen molar-refractivity contribution in [2.45, 2.75) is 25.6 Å². The Balaban J connectivity index is 1.65. The van der Waals surface area contributed by atoms with E-state index in [0.717, 1.165) is 42.3 Å². The maximum Gasteiger partial charge on any atom is 0.416 e. The predicted molar refractivity (Wildman–Crippen MR) is 92.0 cm³/mol. The number of aryl methyl sites for hydroxylation is 1. The fourth-order valence-electron chi connectivity index (χ4n) is 2.92. The van der Waals surface area contributed by atoms with E-state index in [-0.39, 0.29) is 6.04 Å². The second-order valence-corrected chi connectivity index (χ2v) is 6.09. The summed E-state index contributed by atoms with van der Waals surface area (Å²) >= 11 is 0. The number of nitrogens with zero attached hydrogens (tertiary/aromatic N) is 3. The quantitative estimate of drug-likeness (QED) is 0.883. The van der Waals surface area contributed by atoms with Gasteiger partial charge in [-0.05, 0) is 37.6 Å². The van der Waals surface area contributed by atoms with Crippen molar-refractivity contribution in [3.63, 3.8) is 0 Å². The van der Waals surface area contributed by atoms with E-state index in [4.69, 9.17) is 0 Å². The molecule has 0 saturated carbocycles. The number of alkyl halides is 3. The molecule has 2 N–H and O–H groups in total. The maximum absolute atomic E-state index is 12.7. The van der Waals surface area contributed by atoms with Crippen molar-refractivity contribution in [2.24, 2.45) is 0 Å². The van der Waals surface area contributed by atoms with Crippen molar-refractivity contribution in [1.29, 1.82) is 0 Å². The highest BCUT2D eigenvalue weighted by Crippen LogP contribution is 2.31. The summed E-state index contributed by atoms with van der Waals surface area (Å²) in [5.74, 6) is 1.30. The number of hydrogen-bond donors (Lipinski definition) is 2. The van der Waals surface area contributed by atoms with Gasteiger partial charge in [0.25, 0.3) is 0 Å². The molecule has 0 radical (unpaired) electrons. The Hall–Kier alpha value is -2.51. The Morgan fingerprint density at radius 1 is 1.16 bits per heavy atom. The minimum atomic E-state index is -4.30. The van der Waals surface area contributed by atoms with Crippen LogP contribution in [0.25, 0.3) is 0 Å². The number of anilines is 3. The molecule has 1 unspecified atom stereocenters. The van der Waals surface area contributed by atoms with Gasteiger partial charge >= 0.3 is 6.18 Å². The van der Waals surface area contributed by atoms with Gasteiger partial charge in [-0.1, -0.05) is 0 Å². The topological polar surface area (TPSA) is 53.1 Å². The second kappa shape index (κ2) is 6.78. The lowest BCUT2D eigenvalue weighted by molar-refractivity contribution is -0.137. The summed E-state index contributed by atoms with van der Waals surface area (Å²) in [6, 6.07) is 7.29. The van der Waals surface area contributed by atoms with Crippen molar-refractivity contribution >= 4 is 17.5 Å². The van der Waals surface area contributed by atoms with E-state index >= 15 is 0 Å². The molecule has 1 atom stereocenters. The Kier molecular flexibility index (Phi) is 4.69. The van der Waals surface area contributed by atoms with E-state index in [1.54, 1.807) is 7.05 Å². The molecule has 1 aromatic carbocycles. The fraction of sp³-hybridized carbons (Fsp3) is 0.412. The first-order valence-corrected chi connectivity index (χ1v) is 8.07. The molecule has 1 fully saturated rings. The summed E-state index contributed by atoms with van der Waals surface area (Å²) < 4.78 is 38.0. The van der Waals surface area contributed by atoms with Crippen molar-refractivity contribution in [3.05, 3.63) is 41.6 Å². The van der Waals surface area contributed by atoms with Crippen LogP contribution in [0.5, 0.6) is 0 Å². The first-order chi connectivity index (χ1) is 11.8. The van der Waals surface area contributed by atoms with Crippen molar-refractivity contribution in [2.75, 3.05) is 35.7 Å². The monoisotopic (exact) mass is 351 g/mol. The average Bonchev–Trinajstić information content (AvgIpc) is 3.02. The Morgan fingerprint density at radius 3 is 2.52 bits per heavy atom. The van der Waals surface area contributed by atoms with Crippen LogP contribution in [-0.4, -0.2) is 36.1 Å². The van der Waals surface area contributed by atoms with E-state index in [0.29, 0.717) is 12.5 Å². The molecule has 1 aliphatic heterocycles. The fourth-order valence-corrected chi connectivity index (χ4v) is 2.92. The highest BCUT2D eigenvalue weighted by Gasteiger charge is 2.30. The first-order valence-electron chi connectivity index (χ1n) is 8.07. The predicted octanol–water partition coefficient (Wildman–Crippen LogP) is 3.54. The maximum atomic E-state index is 12.7. The zero-order valence-electron chi connectivity index (χ0n) is 14.1. The van der Waals surface area contributed by atoms with E-state index in [9.17, 15) is 13.2 Å². The van der Waals surface area contributed by atoms with Crippen LogP contribution in [0.2, 0.25) is 0 Å². The minimum Gasteiger partial charge on any atom is -0.373 e. The highest BCUT2D eigenvalue weighted by molar-refractivity contribution is 5.50. The summed E-state index contributed by atoms with van der Waals surface area (Å²) in [5, 5.41) is 6.30. The zero-order chi connectivity index (χ0) is 18.0. The van der Waals surface area contributed by atoms with E-state index in [1.807, 2.05) is 13.0 Å². The molecule has 0 bridgehead atoms. The number of aromatic nitrogens is 2. The normalized spacial score (nSPS) is 17.6. The second-order valence-electron chi connectivity index (χ2n) is 6.09. The summed E-state index contributed by atoms with van der Waals surface area (Å²) in [7, 11) is 1.80. The van der Waals surface area contributed by atoms with E-state index < -0.39 is 11.7 Å². The Morgan fingerprint density at radius 2 is 1.88 bits per heavy atom. The van der Waals surface area contributed by atoms with Crippen LogP contribution in [0.3, 0.4) is 0 Å². The third-order valence-electron chi connectivity index (χ3n) is 4.19. The van der Waals surface area contributed by atoms with Crippen LogP contribution >= 0.6 is 0 Å². The zero-order valence-corrected chi connectivity index (χ0v) is 14.1. The average molecular weight is 351 g/mol. The molecular formula is C17H20F3N5. The summed E-state index contributed by atoms with van der Waals surface area (Å²) in [5.41, 5.74) is 1.02. The molecule has 5 nitrogen and oxygen atoms in total. The molecule has 0 spiro atoms. The van der Waals surface area contributed by atoms with Crippen molar-refractivity contribution in [3.8, 4) is 0 Å². The smallest absolute Gasteiger partial charge is 0.373 e. The molecule has 0 aliphatic carbocycles. The standard InChI is InChI=1S/C17H20F3N5/c1-11-9-15(21-2)24-16(22-11)23-13-7-8-25(10-13)14-5-3-12(4-6-14)17(18,19)20/h3-6,9,13H,7-8,10H2,1-2H3,(H2,21,22,23,24). The lowest BCUT2D eigenvalue weighted by atomic mass is 10.2. The summed E-state index contributed by atoms with van der Waals surface area (Å²) in [4.78, 5) is 10.8. The lowest BCUT2D eigenvalue weighted by Gasteiger charge is -2.20. The van der Waals surface area contributed by atoms with Gasteiger partial charge in [0.1, 0.15) is 5.82 Å². The Bertz CT molecular complexity index is 730. The van der Waals surface area contributed by atoms with Gasteiger partial charge in [-0.25, -0.2) is 4.98 Å². The van der Waals surface area contributed by atoms with Gasteiger partial charge in [-0.3, -0.25) is 0 Å². The van der Waals surface area contributed by atoms with Gasteiger partial charge in [0.2, 0.25) is 5.95 Å². The minimum absolute atomic E-state index is 0.147. The molecule has 1 aliphatic rings. The number of hydrogen-bond acceptors (Lipinski definition) is 5. The summed E-state index contributed by atoms with van der Waals surface area (Å²) in [6.45, 7) is 3.36. The molecule has 25 heavy (non-hydrogen) atoms. The molecular weight excluding hydrogens is 331 g/mol. The van der Waals surface area contributed by atoms with E-state index in [1.165, 1.54) is 12.1 Å². The number of halogens is 3. The third kappa shape index (κ3) is 4.12. The van der Waals surface area contributed by atoms with Gasteiger partial charge < -0.3 is 15.5 Å². The van der Waals surface area contributed by atoms with Crippen LogP contribution in [-0.2, 0) is 6.18 Å². The molecule has 1 aromatic heterocycles. The van der Waals surface area contributed by atoms with Crippen LogP contribution in [0.1, 0.15) is 17.7 Å². The SMILES string of the molecule is CNc1cc(C)nc(NC2CCN(c3ccc(C(F)(F)F)cc3)C2)n1. The van der Waals surface area contributed by atoms with Gasteiger partial charge in [0, 0.05) is 43.6 Å². The largest absolute Gasteiger partial charge is 0.416 e. The molecule has 2 aromatic rings. The van der Waals surface area contributed by atoms with Crippen LogP contribution in [0.4, 0.5) is 30.6 Å². The van der Waals surface area contributed by atoms with Gasteiger partial charge in [-0.15, -0.1) is 0 Å². The van der Waals surface area contributed by atoms with Crippen molar-refractivity contribution in [1.82, 2.24) is 9.97 Å². The number of nitrogens with one attached hydrogen (secondary N) is 2. The summed E-state index contributed by atoms with van der Waals surface area (Å²) in [6.07, 6.45) is -3.44. The van der Waals surface area contributed by atoms with E-state index in [2.05, 4.69) is 25.5 Å². The molecule has 1 saturated heterocycles.